The van der Waals surface area contributed by atoms with Crippen molar-refractivity contribution in [3.8, 4) is 17.2 Å². The molecule has 35 heavy (non-hydrogen) atoms. The Labute approximate surface area is 204 Å². The van der Waals surface area contributed by atoms with Crippen LogP contribution in [0.3, 0.4) is 0 Å². The highest BCUT2D eigenvalue weighted by atomic mass is 16.7. The van der Waals surface area contributed by atoms with Crippen molar-refractivity contribution < 1.29 is 33.3 Å². The summed E-state index contributed by atoms with van der Waals surface area (Å²) in [5.41, 5.74) is 0.330. The fourth-order valence-electron chi connectivity index (χ4n) is 3.12. The van der Waals surface area contributed by atoms with Crippen LogP contribution in [-0.4, -0.2) is 44.7 Å². The van der Waals surface area contributed by atoms with Gasteiger partial charge in [-0.3, -0.25) is 0 Å². The molecule has 0 radical (unpaired) electrons. The molecule has 0 bridgehead atoms. The molecule has 184 valence electrons. The summed E-state index contributed by atoms with van der Waals surface area (Å²) < 4.78 is 27.5. The number of hydrogen-bond acceptors (Lipinski definition) is 7. The van der Waals surface area contributed by atoms with Gasteiger partial charge in [0.25, 0.3) is 0 Å². The Hall–Kier alpha value is -4.04. The maximum atomic E-state index is 12.3. The second kappa shape index (κ2) is 13.0. The van der Waals surface area contributed by atoms with Crippen LogP contribution in [0.15, 0.2) is 78.9 Å². The zero-order chi connectivity index (χ0) is 25.0. The minimum Gasteiger partial charge on any atom is -0.460 e. The SMILES string of the molecule is C=C(C)C(=O)OCCOCCNC(=O)Oc1cccc2c(OC(C)Oc3ccccc3)cccc12. The van der Waals surface area contributed by atoms with Gasteiger partial charge in [-0.15, -0.1) is 0 Å². The highest BCUT2D eigenvalue weighted by Gasteiger charge is 2.13. The van der Waals surface area contributed by atoms with E-state index in [4.69, 9.17) is 23.7 Å². The maximum Gasteiger partial charge on any atom is 0.412 e. The Balaban J connectivity index is 1.50. The van der Waals surface area contributed by atoms with Crippen molar-refractivity contribution >= 4 is 22.8 Å². The number of amides is 1. The second-order valence-corrected chi connectivity index (χ2v) is 7.57. The van der Waals surface area contributed by atoms with Gasteiger partial charge in [0.15, 0.2) is 0 Å². The number of nitrogens with one attached hydrogen (secondary N) is 1. The summed E-state index contributed by atoms with van der Waals surface area (Å²) in [6.45, 7) is 7.70. The summed E-state index contributed by atoms with van der Waals surface area (Å²) in [7, 11) is 0. The van der Waals surface area contributed by atoms with E-state index in [-0.39, 0.29) is 26.4 Å². The molecular weight excluding hydrogens is 450 g/mol. The van der Waals surface area contributed by atoms with Gasteiger partial charge in [-0.1, -0.05) is 49.0 Å². The number of para-hydroxylation sites is 1. The zero-order valence-electron chi connectivity index (χ0n) is 19.8. The van der Waals surface area contributed by atoms with Crippen molar-refractivity contribution in [1.82, 2.24) is 5.32 Å². The first-order valence-electron chi connectivity index (χ1n) is 11.2. The largest absolute Gasteiger partial charge is 0.460 e. The molecule has 0 aromatic heterocycles. The summed E-state index contributed by atoms with van der Waals surface area (Å²) >= 11 is 0. The second-order valence-electron chi connectivity index (χ2n) is 7.57. The molecule has 0 aliphatic rings. The molecule has 0 fully saturated rings. The molecule has 3 aromatic carbocycles. The standard InChI is InChI=1S/C27H29NO7/c1-19(2)26(29)32-18-17-31-16-15-28-27(30)35-25-14-8-11-22-23(25)12-7-13-24(22)34-20(3)33-21-9-5-4-6-10-21/h4-14,20H,1,15-18H2,2-3H3,(H,28,30). The number of benzene rings is 3. The predicted octanol–water partition coefficient (Wildman–Crippen LogP) is 4.87. The van der Waals surface area contributed by atoms with Crippen molar-refractivity contribution in [3.63, 3.8) is 0 Å². The first-order valence-corrected chi connectivity index (χ1v) is 11.2. The summed E-state index contributed by atoms with van der Waals surface area (Å²) in [5, 5.41) is 4.14. The van der Waals surface area contributed by atoms with E-state index in [9.17, 15) is 9.59 Å². The topological polar surface area (TPSA) is 92.3 Å². The van der Waals surface area contributed by atoms with E-state index in [0.717, 1.165) is 10.8 Å². The summed E-state index contributed by atoms with van der Waals surface area (Å²) in [4.78, 5) is 23.5. The molecule has 8 heteroatoms. The first-order chi connectivity index (χ1) is 16.9. The van der Waals surface area contributed by atoms with Crippen LogP contribution in [-0.2, 0) is 14.3 Å². The highest BCUT2D eigenvalue weighted by molar-refractivity contribution is 5.94. The Morgan fingerprint density at radius 2 is 1.54 bits per heavy atom. The average Bonchev–Trinajstić information content (AvgIpc) is 2.84. The van der Waals surface area contributed by atoms with Crippen LogP contribution in [0.4, 0.5) is 4.79 Å². The quantitative estimate of drug-likeness (QED) is 0.172. The van der Waals surface area contributed by atoms with E-state index in [0.29, 0.717) is 22.8 Å². The van der Waals surface area contributed by atoms with Crippen LogP contribution < -0.4 is 19.5 Å². The number of fused-ring (bicyclic) bond motifs is 1. The molecular formula is C27H29NO7. The number of hydrogen-bond donors (Lipinski definition) is 1. The van der Waals surface area contributed by atoms with Gasteiger partial charge in [0, 0.05) is 29.8 Å². The maximum absolute atomic E-state index is 12.3. The smallest absolute Gasteiger partial charge is 0.412 e. The number of carbonyl (C=O) groups is 2. The Morgan fingerprint density at radius 3 is 2.26 bits per heavy atom. The summed E-state index contributed by atoms with van der Waals surface area (Å²) in [6.07, 6.45) is -1.14. The Morgan fingerprint density at radius 1 is 0.857 bits per heavy atom. The number of carbonyl (C=O) groups excluding carboxylic acids is 2. The third kappa shape index (κ3) is 8.04. The third-order valence-corrected chi connectivity index (χ3v) is 4.71. The van der Waals surface area contributed by atoms with Crippen molar-refractivity contribution in [1.29, 1.82) is 0 Å². The van der Waals surface area contributed by atoms with Gasteiger partial charge in [0.2, 0.25) is 6.29 Å². The van der Waals surface area contributed by atoms with E-state index >= 15 is 0 Å². The molecule has 1 unspecified atom stereocenters. The van der Waals surface area contributed by atoms with Crippen LogP contribution in [0.25, 0.3) is 10.8 Å². The van der Waals surface area contributed by atoms with Gasteiger partial charge < -0.3 is 29.0 Å². The lowest BCUT2D eigenvalue weighted by Gasteiger charge is -2.18. The lowest BCUT2D eigenvalue weighted by Crippen LogP contribution is -2.30. The van der Waals surface area contributed by atoms with Gasteiger partial charge in [0.05, 0.1) is 13.2 Å². The molecule has 0 aliphatic heterocycles. The third-order valence-electron chi connectivity index (χ3n) is 4.71. The van der Waals surface area contributed by atoms with Crippen LogP contribution in [0.1, 0.15) is 13.8 Å². The molecule has 3 aromatic rings. The fraction of sp³-hybridized carbons (Fsp3) is 0.259. The minimum absolute atomic E-state index is 0.117. The lowest BCUT2D eigenvalue weighted by molar-refractivity contribution is -0.140. The van der Waals surface area contributed by atoms with Gasteiger partial charge >= 0.3 is 12.1 Å². The summed E-state index contributed by atoms with van der Waals surface area (Å²) in [5.74, 6) is 1.25. The monoisotopic (exact) mass is 479 g/mol. The minimum atomic E-state index is -0.609. The van der Waals surface area contributed by atoms with Crippen molar-refractivity contribution in [2.24, 2.45) is 0 Å². The molecule has 0 aliphatic carbocycles. The molecule has 1 atom stereocenters. The van der Waals surface area contributed by atoms with Crippen LogP contribution in [0.5, 0.6) is 17.2 Å². The van der Waals surface area contributed by atoms with Gasteiger partial charge in [-0.05, 0) is 31.2 Å². The summed E-state index contributed by atoms with van der Waals surface area (Å²) in [6, 6.07) is 20.3. The molecule has 3 rings (SSSR count). The van der Waals surface area contributed by atoms with E-state index in [1.807, 2.05) is 61.5 Å². The van der Waals surface area contributed by atoms with E-state index in [1.165, 1.54) is 0 Å². The van der Waals surface area contributed by atoms with Crippen molar-refractivity contribution in [3.05, 3.63) is 78.9 Å². The highest BCUT2D eigenvalue weighted by Crippen LogP contribution is 2.33. The van der Waals surface area contributed by atoms with Crippen molar-refractivity contribution in [2.75, 3.05) is 26.4 Å². The predicted molar refractivity (Wildman–Crippen MR) is 132 cm³/mol. The van der Waals surface area contributed by atoms with Crippen LogP contribution >= 0.6 is 0 Å². The molecule has 0 saturated heterocycles. The van der Waals surface area contributed by atoms with Gasteiger partial charge in [-0.25, -0.2) is 9.59 Å². The molecule has 0 saturated carbocycles. The first kappa shape index (κ1) is 25.6. The van der Waals surface area contributed by atoms with Crippen LogP contribution in [0.2, 0.25) is 0 Å². The Bertz CT molecular complexity index is 1150. The normalized spacial score (nSPS) is 11.4. The average molecular weight is 480 g/mol. The fourth-order valence-corrected chi connectivity index (χ4v) is 3.12. The van der Waals surface area contributed by atoms with E-state index in [1.54, 1.807) is 19.1 Å². The number of ether oxygens (including phenoxy) is 5. The number of rotatable bonds is 12. The molecule has 1 amide bonds. The lowest BCUT2D eigenvalue weighted by atomic mass is 10.1. The van der Waals surface area contributed by atoms with Crippen molar-refractivity contribution in [2.45, 2.75) is 20.1 Å². The Kier molecular flexibility index (Phi) is 9.50. The zero-order valence-corrected chi connectivity index (χ0v) is 19.8. The number of esters is 1. The van der Waals surface area contributed by atoms with Gasteiger partial charge in [-0.2, -0.15) is 0 Å². The molecule has 1 N–H and O–H groups in total. The molecule has 0 heterocycles. The van der Waals surface area contributed by atoms with E-state index in [2.05, 4.69) is 11.9 Å². The molecule has 8 nitrogen and oxygen atoms in total. The van der Waals surface area contributed by atoms with E-state index < -0.39 is 18.4 Å². The van der Waals surface area contributed by atoms with Gasteiger partial charge in [0.1, 0.15) is 23.9 Å². The molecule has 0 spiro atoms. The van der Waals surface area contributed by atoms with Crippen LogP contribution in [0, 0.1) is 0 Å².